The Hall–Kier alpha value is -4.53. The molecule has 8 nitrogen and oxygen atoms in total. The molecule has 192 valence electrons. The van der Waals surface area contributed by atoms with Crippen LogP contribution in [-0.4, -0.2) is 40.1 Å². The van der Waals surface area contributed by atoms with Crippen molar-refractivity contribution >= 4 is 28.4 Å². The van der Waals surface area contributed by atoms with Gasteiger partial charge in [0, 0.05) is 48.6 Å². The highest BCUT2D eigenvalue weighted by Crippen LogP contribution is 2.29. The molecule has 4 aromatic rings. The van der Waals surface area contributed by atoms with E-state index in [4.69, 9.17) is 4.74 Å². The third-order valence-corrected chi connectivity index (χ3v) is 6.87. The van der Waals surface area contributed by atoms with Gasteiger partial charge in [-0.3, -0.25) is 14.9 Å². The number of H-pyrrole nitrogens is 1. The number of hydrogen-bond acceptors (Lipinski definition) is 6. The molecule has 0 bridgehead atoms. The second-order valence-electron chi connectivity index (χ2n) is 9.48. The minimum atomic E-state index is -0.447. The Morgan fingerprint density at radius 2 is 1.87 bits per heavy atom. The summed E-state index contributed by atoms with van der Waals surface area (Å²) in [5.41, 5.74) is 4.80. The molecule has 9 heteroatoms. The Balaban J connectivity index is 1.19. The number of nitrogens with one attached hydrogen (secondary N) is 2. The first-order valence-electron chi connectivity index (χ1n) is 12.8. The van der Waals surface area contributed by atoms with Crippen molar-refractivity contribution in [1.29, 1.82) is 0 Å². The van der Waals surface area contributed by atoms with E-state index in [-0.39, 0.29) is 11.7 Å². The number of para-hydroxylation sites is 1. The van der Waals surface area contributed by atoms with Crippen LogP contribution in [0.15, 0.2) is 77.8 Å². The van der Waals surface area contributed by atoms with Crippen molar-refractivity contribution in [2.24, 2.45) is 4.99 Å². The fourth-order valence-electron chi connectivity index (χ4n) is 4.83. The van der Waals surface area contributed by atoms with Crippen LogP contribution in [0.25, 0.3) is 22.0 Å². The summed E-state index contributed by atoms with van der Waals surface area (Å²) in [7, 11) is 0. The number of fused-ring (bicyclic) bond motifs is 1. The number of carbonyl (C=O) groups is 1. The zero-order valence-electron chi connectivity index (χ0n) is 20.8. The van der Waals surface area contributed by atoms with Crippen LogP contribution in [-0.2, 0) is 0 Å². The molecule has 0 radical (unpaired) electrons. The van der Waals surface area contributed by atoms with Gasteiger partial charge in [0.15, 0.2) is 23.2 Å². The number of allylic oxidation sites excluding steroid dienone is 1. The van der Waals surface area contributed by atoms with Crippen LogP contribution in [0.1, 0.15) is 42.6 Å². The maximum absolute atomic E-state index is 13.9. The summed E-state index contributed by atoms with van der Waals surface area (Å²) >= 11 is 0. The predicted octanol–water partition coefficient (Wildman–Crippen LogP) is 5.60. The highest BCUT2D eigenvalue weighted by molar-refractivity contribution is 6.06. The van der Waals surface area contributed by atoms with E-state index in [9.17, 15) is 9.18 Å². The number of rotatable bonds is 5. The van der Waals surface area contributed by atoms with Crippen LogP contribution in [0.2, 0.25) is 0 Å². The normalized spacial score (nSPS) is 15.7. The Labute approximate surface area is 219 Å². The first kappa shape index (κ1) is 23.8. The topological polar surface area (TPSA) is 95.5 Å². The maximum atomic E-state index is 13.9. The molecule has 0 saturated carbocycles. The van der Waals surface area contributed by atoms with Crippen molar-refractivity contribution in [2.45, 2.75) is 32.1 Å². The number of piperidine rings is 1. The van der Waals surface area contributed by atoms with Gasteiger partial charge in [0.25, 0.3) is 5.91 Å². The molecular formula is C29H27FN6O2. The number of aromatic nitrogens is 3. The average Bonchev–Trinajstić information content (AvgIpc) is 3.39. The van der Waals surface area contributed by atoms with Crippen LogP contribution >= 0.6 is 0 Å². The van der Waals surface area contributed by atoms with Gasteiger partial charge in [-0.15, -0.1) is 0 Å². The largest absolute Gasteiger partial charge is 0.440 e. The van der Waals surface area contributed by atoms with Crippen LogP contribution in [0.3, 0.4) is 0 Å². The number of anilines is 1. The van der Waals surface area contributed by atoms with Crippen LogP contribution < -0.4 is 15.0 Å². The quantitative estimate of drug-likeness (QED) is 0.365. The summed E-state index contributed by atoms with van der Waals surface area (Å²) in [5, 5.41) is 10.9. The van der Waals surface area contributed by atoms with E-state index < -0.39 is 5.82 Å². The third-order valence-electron chi connectivity index (χ3n) is 6.87. The number of carbonyl (C=O) groups excluding carboxylic acids is 1. The van der Waals surface area contributed by atoms with Crippen molar-refractivity contribution < 1.29 is 13.9 Å². The van der Waals surface area contributed by atoms with Gasteiger partial charge in [0.2, 0.25) is 0 Å². The summed E-state index contributed by atoms with van der Waals surface area (Å²) < 4.78 is 19.4. The van der Waals surface area contributed by atoms with Gasteiger partial charge < -0.3 is 15.0 Å². The maximum Gasteiger partial charge on any atom is 0.276 e. The second kappa shape index (κ2) is 10.5. The number of amides is 1. The monoisotopic (exact) mass is 510 g/mol. The fourth-order valence-corrected chi connectivity index (χ4v) is 4.83. The molecule has 2 aromatic carbocycles. The molecule has 2 aliphatic rings. The number of benzene rings is 2. The molecule has 4 heterocycles. The first-order chi connectivity index (χ1) is 18.6. The molecular weight excluding hydrogens is 483 g/mol. The van der Waals surface area contributed by atoms with E-state index in [1.807, 2.05) is 30.6 Å². The highest BCUT2D eigenvalue weighted by Gasteiger charge is 2.19. The lowest BCUT2D eigenvalue weighted by molar-refractivity contribution is 0.0961. The van der Waals surface area contributed by atoms with Crippen molar-refractivity contribution in [3.63, 3.8) is 0 Å². The summed E-state index contributed by atoms with van der Waals surface area (Å²) in [6.07, 6.45) is 9.91. The summed E-state index contributed by atoms with van der Waals surface area (Å²) in [5.74, 6) is -0.253. The van der Waals surface area contributed by atoms with Crippen LogP contribution in [0, 0.1) is 5.82 Å². The second-order valence-corrected chi connectivity index (χ2v) is 9.48. The standard InChI is InChI=1S/C29H27FN6O2/c30-24-6-2-3-7-26(24)38-27-11-9-21(17-32-27)33-29(37)28-23-15-19(8-10-25(23)34-35-28)20-14-22(18-31-16-20)36-12-4-1-5-13-36/h2-3,6-8,10,14-18H,1,4-5,9,11-13H2,(H,33,37)(H,34,35). The molecule has 2 aromatic heterocycles. The molecule has 0 unspecified atom stereocenters. The number of ether oxygens (including phenoxy) is 1. The minimum Gasteiger partial charge on any atom is -0.440 e. The number of aromatic amines is 1. The molecule has 0 atom stereocenters. The lowest BCUT2D eigenvalue weighted by atomic mass is 10.0. The molecule has 6 rings (SSSR count). The van der Waals surface area contributed by atoms with Crippen LogP contribution in [0.4, 0.5) is 10.1 Å². The Kier molecular flexibility index (Phi) is 6.56. The van der Waals surface area contributed by atoms with E-state index in [0.29, 0.717) is 30.1 Å². The molecule has 2 aliphatic heterocycles. The smallest absolute Gasteiger partial charge is 0.276 e. The van der Waals surface area contributed by atoms with E-state index in [2.05, 4.69) is 36.5 Å². The molecule has 1 amide bonds. The van der Waals surface area contributed by atoms with Gasteiger partial charge in [0.05, 0.1) is 17.4 Å². The lowest BCUT2D eigenvalue weighted by Gasteiger charge is -2.28. The molecule has 0 spiro atoms. The molecule has 0 aliphatic carbocycles. The first-order valence-corrected chi connectivity index (χ1v) is 12.8. The van der Waals surface area contributed by atoms with Crippen molar-refractivity contribution in [2.75, 3.05) is 18.0 Å². The van der Waals surface area contributed by atoms with Gasteiger partial charge in [-0.2, -0.15) is 5.10 Å². The summed E-state index contributed by atoms with van der Waals surface area (Å²) in [4.78, 5) is 24.2. The Bertz CT molecular complexity index is 1550. The SMILES string of the molecule is O=C(NC1=CN=C(Oc2ccccc2F)CC1)c1n[nH]c2ccc(-c3cncc(N4CCCCC4)c3)cc12. The number of halogens is 1. The molecule has 1 saturated heterocycles. The average molecular weight is 511 g/mol. The van der Waals surface area contributed by atoms with Gasteiger partial charge in [-0.1, -0.05) is 18.2 Å². The number of nitrogens with zero attached hydrogens (tertiary/aromatic N) is 4. The molecule has 1 fully saturated rings. The number of hydrogen-bond donors (Lipinski definition) is 2. The summed E-state index contributed by atoms with van der Waals surface area (Å²) in [6.45, 7) is 2.10. The number of pyridine rings is 1. The van der Waals surface area contributed by atoms with Crippen LogP contribution in [0.5, 0.6) is 5.75 Å². The third kappa shape index (κ3) is 5.00. The number of aliphatic imine (C=N–C) groups is 1. The Morgan fingerprint density at radius 1 is 1.00 bits per heavy atom. The highest BCUT2D eigenvalue weighted by atomic mass is 19.1. The van der Waals surface area contributed by atoms with Gasteiger partial charge in [-0.25, -0.2) is 9.38 Å². The van der Waals surface area contributed by atoms with E-state index in [1.54, 1.807) is 18.2 Å². The Morgan fingerprint density at radius 3 is 2.68 bits per heavy atom. The zero-order valence-corrected chi connectivity index (χ0v) is 20.8. The summed E-state index contributed by atoms with van der Waals surface area (Å²) in [6, 6.07) is 14.3. The molecule has 2 N–H and O–H groups in total. The van der Waals surface area contributed by atoms with E-state index in [0.717, 1.165) is 40.8 Å². The molecule has 38 heavy (non-hydrogen) atoms. The van der Waals surface area contributed by atoms with Crippen molar-refractivity contribution in [3.05, 3.63) is 84.3 Å². The van der Waals surface area contributed by atoms with E-state index >= 15 is 0 Å². The fraction of sp³-hybridized carbons (Fsp3) is 0.241. The van der Waals surface area contributed by atoms with Crippen molar-refractivity contribution in [1.82, 2.24) is 20.5 Å². The van der Waals surface area contributed by atoms with Gasteiger partial charge in [0.1, 0.15) is 0 Å². The predicted molar refractivity (Wildman–Crippen MR) is 145 cm³/mol. The lowest BCUT2D eigenvalue weighted by Crippen LogP contribution is -2.29. The zero-order chi connectivity index (χ0) is 25.9. The van der Waals surface area contributed by atoms with Crippen molar-refractivity contribution in [3.8, 4) is 16.9 Å². The minimum absolute atomic E-state index is 0.127. The van der Waals surface area contributed by atoms with Gasteiger partial charge >= 0.3 is 0 Å². The van der Waals surface area contributed by atoms with Gasteiger partial charge in [-0.05, 0) is 61.6 Å². The van der Waals surface area contributed by atoms with E-state index in [1.165, 1.54) is 31.5 Å².